The first-order valence-corrected chi connectivity index (χ1v) is 7.58. The molecule has 0 bridgehead atoms. The van der Waals surface area contributed by atoms with Crippen LogP contribution in [0, 0.1) is 5.92 Å². The fraction of sp³-hybridized carbons (Fsp3) is 0.500. The maximum absolute atomic E-state index is 12.3. The Labute approximate surface area is 124 Å². The number of hydrogen-bond acceptors (Lipinski definition) is 4. The van der Waals surface area contributed by atoms with Gasteiger partial charge in [0.15, 0.2) is 0 Å². The average Bonchev–Trinajstić information content (AvgIpc) is 2.74. The van der Waals surface area contributed by atoms with Crippen LogP contribution in [0.1, 0.15) is 40.0 Å². The third-order valence-corrected chi connectivity index (χ3v) is 4.40. The number of carbonyl (C=O) groups excluding carboxylic acids is 2. The van der Waals surface area contributed by atoms with Gasteiger partial charge >= 0.3 is 0 Å². The summed E-state index contributed by atoms with van der Waals surface area (Å²) in [5.74, 6) is 0.243. The van der Waals surface area contributed by atoms with Gasteiger partial charge in [-0.2, -0.15) is 0 Å². The number of nitrogens with two attached hydrogens (primary N) is 1. The first-order valence-electron chi connectivity index (χ1n) is 7.58. The highest BCUT2D eigenvalue weighted by Gasteiger charge is 2.36. The van der Waals surface area contributed by atoms with Crippen LogP contribution in [0.5, 0.6) is 0 Å². The lowest BCUT2D eigenvalue weighted by molar-refractivity contribution is 0.0477. The number of piperidine rings is 1. The highest BCUT2D eigenvalue weighted by Crippen LogP contribution is 2.24. The molecule has 0 spiro atoms. The number of likely N-dealkylation sites (tertiary alicyclic amines) is 1. The van der Waals surface area contributed by atoms with E-state index in [4.69, 9.17) is 5.73 Å². The van der Waals surface area contributed by atoms with Crippen LogP contribution in [0.25, 0.3) is 0 Å². The van der Waals surface area contributed by atoms with E-state index in [1.54, 1.807) is 24.3 Å². The Bertz CT molecular complexity index is 521. The molecule has 2 aliphatic rings. The number of carbonyl (C=O) groups is 2. The molecule has 5 heteroatoms. The second-order valence-corrected chi connectivity index (χ2v) is 5.89. The van der Waals surface area contributed by atoms with E-state index in [9.17, 15) is 9.59 Å². The lowest BCUT2D eigenvalue weighted by Gasteiger charge is -2.34. The SMILES string of the molecule is NCCC1CCCN(CN2C(=O)c3ccccc3C2=O)C1. The molecule has 1 aromatic rings. The van der Waals surface area contributed by atoms with Crippen molar-refractivity contribution in [3.8, 4) is 0 Å². The minimum atomic E-state index is -0.170. The number of benzene rings is 1. The second kappa shape index (κ2) is 5.95. The van der Waals surface area contributed by atoms with Gasteiger partial charge in [-0.1, -0.05) is 12.1 Å². The van der Waals surface area contributed by atoms with Crippen LogP contribution in [-0.4, -0.2) is 47.9 Å². The Morgan fingerprint density at radius 2 is 1.81 bits per heavy atom. The second-order valence-electron chi connectivity index (χ2n) is 5.89. The molecule has 1 atom stereocenters. The Morgan fingerprint density at radius 1 is 1.14 bits per heavy atom. The summed E-state index contributed by atoms with van der Waals surface area (Å²) in [7, 11) is 0. The van der Waals surface area contributed by atoms with Crippen LogP contribution in [0.2, 0.25) is 0 Å². The molecule has 2 heterocycles. The Morgan fingerprint density at radius 3 is 2.43 bits per heavy atom. The molecule has 0 aromatic heterocycles. The summed E-state index contributed by atoms with van der Waals surface area (Å²) in [6.07, 6.45) is 3.31. The largest absolute Gasteiger partial charge is 0.330 e. The van der Waals surface area contributed by atoms with Crippen LogP contribution in [-0.2, 0) is 0 Å². The molecule has 21 heavy (non-hydrogen) atoms. The van der Waals surface area contributed by atoms with Gasteiger partial charge in [-0.3, -0.25) is 19.4 Å². The third-order valence-electron chi connectivity index (χ3n) is 4.40. The van der Waals surface area contributed by atoms with Gasteiger partial charge in [-0.15, -0.1) is 0 Å². The van der Waals surface area contributed by atoms with Gasteiger partial charge in [0.2, 0.25) is 0 Å². The number of nitrogens with zero attached hydrogens (tertiary/aromatic N) is 2. The summed E-state index contributed by atoms with van der Waals surface area (Å²) in [5, 5.41) is 0. The topological polar surface area (TPSA) is 66.6 Å². The van der Waals surface area contributed by atoms with Gasteiger partial charge in [-0.05, 0) is 50.4 Å². The van der Waals surface area contributed by atoms with E-state index in [1.165, 1.54) is 11.3 Å². The molecule has 0 radical (unpaired) electrons. The molecule has 1 fully saturated rings. The summed E-state index contributed by atoms with van der Waals surface area (Å²) >= 11 is 0. The summed E-state index contributed by atoms with van der Waals surface area (Å²) in [6.45, 7) is 2.96. The molecule has 2 amide bonds. The maximum atomic E-state index is 12.3. The Hall–Kier alpha value is -1.72. The molecule has 1 saturated heterocycles. The standard InChI is InChI=1S/C16H21N3O2/c17-8-7-12-4-3-9-18(10-12)11-19-15(20)13-5-1-2-6-14(13)16(19)21/h1-2,5-6,12H,3-4,7-11,17H2. The molecule has 3 rings (SSSR count). The molecular weight excluding hydrogens is 266 g/mol. The van der Waals surface area contributed by atoms with Gasteiger partial charge in [0.1, 0.15) is 0 Å². The lowest BCUT2D eigenvalue weighted by atomic mass is 9.95. The molecule has 2 aliphatic heterocycles. The van der Waals surface area contributed by atoms with Crippen molar-refractivity contribution in [1.29, 1.82) is 0 Å². The molecule has 5 nitrogen and oxygen atoms in total. The van der Waals surface area contributed by atoms with Crippen molar-refractivity contribution >= 4 is 11.8 Å². The van der Waals surface area contributed by atoms with E-state index in [2.05, 4.69) is 4.90 Å². The molecule has 0 saturated carbocycles. The zero-order valence-electron chi connectivity index (χ0n) is 12.1. The quantitative estimate of drug-likeness (QED) is 0.848. The minimum Gasteiger partial charge on any atom is -0.330 e. The molecule has 2 N–H and O–H groups in total. The molecular formula is C16H21N3O2. The third kappa shape index (κ3) is 2.71. The van der Waals surface area contributed by atoms with Crippen molar-refractivity contribution in [3.05, 3.63) is 35.4 Å². The number of imide groups is 1. The van der Waals surface area contributed by atoms with E-state index < -0.39 is 0 Å². The van der Waals surface area contributed by atoms with Gasteiger partial charge in [0.05, 0.1) is 17.8 Å². The Kier molecular flexibility index (Phi) is 4.03. The van der Waals surface area contributed by atoms with E-state index in [0.29, 0.717) is 30.3 Å². The van der Waals surface area contributed by atoms with E-state index in [0.717, 1.165) is 25.9 Å². The fourth-order valence-electron chi connectivity index (χ4n) is 3.32. The first-order chi connectivity index (χ1) is 10.2. The summed E-state index contributed by atoms with van der Waals surface area (Å²) in [5.41, 5.74) is 6.68. The van der Waals surface area contributed by atoms with E-state index in [-0.39, 0.29) is 11.8 Å². The van der Waals surface area contributed by atoms with Gasteiger partial charge in [0.25, 0.3) is 11.8 Å². The first kappa shape index (κ1) is 14.2. The summed E-state index contributed by atoms with van der Waals surface area (Å²) < 4.78 is 0. The van der Waals surface area contributed by atoms with Crippen LogP contribution in [0.3, 0.4) is 0 Å². The predicted molar refractivity (Wildman–Crippen MR) is 79.8 cm³/mol. The number of hydrogen-bond donors (Lipinski definition) is 1. The smallest absolute Gasteiger partial charge is 0.262 e. The molecule has 112 valence electrons. The van der Waals surface area contributed by atoms with Crippen molar-refractivity contribution in [2.45, 2.75) is 19.3 Å². The number of rotatable bonds is 4. The summed E-state index contributed by atoms with van der Waals surface area (Å²) in [4.78, 5) is 28.3. The average molecular weight is 287 g/mol. The number of amides is 2. The molecule has 1 aromatic carbocycles. The number of fused-ring (bicyclic) bond motifs is 1. The van der Waals surface area contributed by atoms with Gasteiger partial charge < -0.3 is 5.73 Å². The van der Waals surface area contributed by atoms with Crippen molar-refractivity contribution in [3.63, 3.8) is 0 Å². The summed E-state index contributed by atoms with van der Waals surface area (Å²) in [6, 6.07) is 7.05. The normalized spacial score (nSPS) is 22.7. The fourth-order valence-corrected chi connectivity index (χ4v) is 3.32. The highest BCUT2D eigenvalue weighted by molar-refractivity contribution is 6.21. The monoisotopic (exact) mass is 287 g/mol. The van der Waals surface area contributed by atoms with E-state index >= 15 is 0 Å². The molecule has 0 aliphatic carbocycles. The van der Waals surface area contributed by atoms with Gasteiger partial charge in [0, 0.05) is 6.54 Å². The van der Waals surface area contributed by atoms with E-state index in [1.807, 2.05) is 0 Å². The van der Waals surface area contributed by atoms with Gasteiger partial charge in [-0.25, -0.2) is 0 Å². The lowest BCUT2D eigenvalue weighted by Crippen LogP contribution is -2.45. The van der Waals surface area contributed by atoms with Crippen LogP contribution in [0.4, 0.5) is 0 Å². The van der Waals surface area contributed by atoms with Crippen molar-refractivity contribution in [2.24, 2.45) is 11.7 Å². The molecule has 1 unspecified atom stereocenters. The van der Waals surface area contributed by atoms with Crippen molar-refractivity contribution in [2.75, 3.05) is 26.3 Å². The van der Waals surface area contributed by atoms with Crippen molar-refractivity contribution in [1.82, 2.24) is 9.80 Å². The van der Waals surface area contributed by atoms with Crippen LogP contribution >= 0.6 is 0 Å². The maximum Gasteiger partial charge on any atom is 0.262 e. The zero-order chi connectivity index (χ0) is 14.8. The highest BCUT2D eigenvalue weighted by atomic mass is 16.2. The predicted octanol–water partition coefficient (Wildman–Crippen LogP) is 1.30. The minimum absolute atomic E-state index is 0.170. The Balaban J connectivity index is 1.69. The van der Waals surface area contributed by atoms with Crippen molar-refractivity contribution < 1.29 is 9.59 Å². The van der Waals surface area contributed by atoms with Crippen LogP contribution in [0.15, 0.2) is 24.3 Å². The zero-order valence-corrected chi connectivity index (χ0v) is 12.1. The van der Waals surface area contributed by atoms with Crippen LogP contribution < -0.4 is 5.73 Å².